The van der Waals surface area contributed by atoms with Gasteiger partial charge >= 0.3 is 0 Å². The topological polar surface area (TPSA) is 37.4 Å². The second-order valence-corrected chi connectivity index (χ2v) is 8.16. The zero-order valence-corrected chi connectivity index (χ0v) is 14.3. The summed E-state index contributed by atoms with van der Waals surface area (Å²) in [6, 6.07) is 12.2. The highest BCUT2D eigenvalue weighted by Gasteiger charge is 2.33. The largest absolute Gasteiger partial charge is 0.243 e. The predicted molar refractivity (Wildman–Crippen MR) is 88.9 cm³/mol. The Bertz CT molecular complexity index is 821. The Kier molecular flexibility index (Phi) is 4.21. The highest BCUT2D eigenvalue weighted by Crippen LogP contribution is 2.38. The molecular weight excluding hydrogens is 341 g/mol. The van der Waals surface area contributed by atoms with Gasteiger partial charge in [-0.15, -0.1) is 0 Å². The zero-order chi connectivity index (χ0) is 15.9. The normalized spacial score (nSPS) is 17.7. The van der Waals surface area contributed by atoms with E-state index in [0.29, 0.717) is 5.02 Å². The number of aryl methyl sites for hydroxylation is 1. The number of benzene rings is 2. The highest BCUT2D eigenvalue weighted by atomic mass is 35.5. The Labute approximate surface area is 140 Å². The lowest BCUT2D eigenvalue weighted by Gasteiger charge is -2.25. The van der Waals surface area contributed by atoms with Crippen molar-refractivity contribution in [1.82, 2.24) is 4.31 Å². The van der Waals surface area contributed by atoms with E-state index in [1.807, 2.05) is 18.2 Å². The van der Waals surface area contributed by atoms with E-state index in [4.69, 9.17) is 23.2 Å². The van der Waals surface area contributed by atoms with E-state index in [1.165, 1.54) is 28.1 Å². The van der Waals surface area contributed by atoms with Gasteiger partial charge in [0.1, 0.15) is 0 Å². The fraction of sp³-hybridized carbons (Fsp3) is 0.250. The van der Waals surface area contributed by atoms with Gasteiger partial charge < -0.3 is 0 Å². The lowest BCUT2D eigenvalue weighted by atomic mass is 10.1. The van der Waals surface area contributed by atoms with Crippen LogP contribution < -0.4 is 0 Å². The molecule has 0 saturated heterocycles. The third-order valence-corrected chi connectivity index (χ3v) is 6.71. The molecule has 1 unspecified atom stereocenters. The molecule has 0 spiro atoms. The van der Waals surface area contributed by atoms with Gasteiger partial charge in [-0.25, -0.2) is 8.42 Å². The summed E-state index contributed by atoms with van der Waals surface area (Å²) in [5, 5.41) is 0.581. The molecule has 0 radical (unpaired) electrons. The van der Waals surface area contributed by atoms with Crippen LogP contribution in [0.1, 0.15) is 23.6 Å². The van der Waals surface area contributed by atoms with Crippen LogP contribution in [-0.4, -0.2) is 19.8 Å². The third kappa shape index (κ3) is 2.65. The first kappa shape index (κ1) is 15.8. The number of sulfonamides is 1. The maximum absolute atomic E-state index is 12.8. The van der Waals surface area contributed by atoms with Gasteiger partial charge in [-0.05, 0) is 42.2 Å². The quantitative estimate of drug-likeness (QED) is 0.822. The number of nitrogens with zero attached hydrogens (tertiary/aromatic N) is 1. The van der Waals surface area contributed by atoms with Crippen molar-refractivity contribution in [3.8, 4) is 0 Å². The minimum atomic E-state index is -3.61. The van der Waals surface area contributed by atoms with Gasteiger partial charge in [0.2, 0.25) is 10.0 Å². The number of halogens is 2. The summed E-state index contributed by atoms with van der Waals surface area (Å²) < 4.78 is 27.1. The van der Waals surface area contributed by atoms with Crippen LogP contribution >= 0.6 is 23.2 Å². The van der Waals surface area contributed by atoms with Crippen LogP contribution in [0.15, 0.2) is 47.4 Å². The Morgan fingerprint density at radius 1 is 1.09 bits per heavy atom. The van der Waals surface area contributed by atoms with Crippen molar-refractivity contribution in [2.24, 2.45) is 0 Å². The molecule has 1 atom stereocenters. The Balaban J connectivity index is 1.98. The van der Waals surface area contributed by atoms with E-state index >= 15 is 0 Å². The molecule has 3 nitrogen and oxygen atoms in total. The van der Waals surface area contributed by atoms with Gasteiger partial charge in [0.15, 0.2) is 0 Å². The maximum atomic E-state index is 12.8. The van der Waals surface area contributed by atoms with Gasteiger partial charge in [0.25, 0.3) is 0 Å². The van der Waals surface area contributed by atoms with Crippen LogP contribution in [0.25, 0.3) is 0 Å². The molecule has 2 aromatic rings. The molecule has 0 fully saturated rings. The summed E-state index contributed by atoms with van der Waals surface area (Å²) in [7, 11) is -2.00. The van der Waals surface area contributed by atoms with Crippen LogP contribution in [0.2, 0.25) is 10.0 Å². The Morgan fingerprint density at radius 2 is 1.82 bits per heavy atom. The number of hydrogen-bond donors (Lipinski definition) is 0. The van der Waals surface area contributed by atoms with Crippen molar-refractivity contribution < 1.29 is 8.42 Å². The van der Waals surface area contributed by atoms with E-state index in [0.717, 1.165) is 18.4 Å². The predicted octanol–water partition coefficient (Wildman–Crippen LogP) is 4.30. The lowest BCUT2D eigenvalue weighted by molar-refractivity contribution is 0.374. The smallest absolute Gasteiger partial charge is 0.207 e. The maximum Gasteiger partial charge on any atom is 0.243 e. The van der Waals surface area contributed by atoms with Crippen LogP contribution in [0.4, 0.5) is 0 Å². The molecule has 0 aromatic heterocycles. The zero-order valence-electron chi connectivity index (χ0n) is 12.0. The molecule has 6 heteroatoms. The average Bonchev–Trinajstić information content (AvgIpc) is 2.93. The van der Waals surface area contributed by atoms with Crippen molar-refractivity contribution in [2.75, 3.05) is 7.05 Å². The molecule has 0 bridgehead atoms. The number of rotatable bonds is 3. The summed E-state index contributed by atoms with van der Waals surface area (Å²) in [6.45, 7) is 0. The summed E-state index contributed by atoms with van der Waals surface area (Å²) in [6.07, 6.45) is 1.68. The SMILES string of the molecule is CN(C1CCc2ccccc21)S(=O)(=O)c1ccc(Cl)c(Cl)c1. The van der Waals surface area contributed by atoms with Crippen LogP contribution in [-0.2, 0) is 16.4 Å². The van der Waals surface area contributed by atoms with E-state index in [1.54, 1.807) is 7.05 Å². The van der Waals surface area contributed by atoms with E-state index < -0.39 is 10.0 Å². The summed E-state index contributed by atoms with van der Waals surface area (Å²) in [5.41, 5.74) is 2.29. The first-order valence-electron chi connectivity index (χ1n) is 6.92. The van der Waals surface area contributed by atoms with Crippen molar-refractivity contribution in [2.45, 2.75) is 23.8 Å². The van der Waals surface area contributed by atoms with E-state index in [9.17, 15) is 8.42 Å². The van der Waals surface area contributed by atoms with E-state index in [2.05, 4.69) is 6.07 Å². The Morgan fingerprint density at radius 3 is 2.55 bits per heavy atom. The first-order valence-corrected chi connectivity index (χ1v) is 9.12. The molecule has 0 saturated carbocycles. The number of hydrogen-bond acceptors (Lipinski definition) is 2. The van der Waals surface area contributed by atoms with Crippen LogP contribution in [0.3, 0.4) is 0 Å². The van der Waals surface area contributed by atoms with Gasteiger partial charge in [-0.1, -0.05) is 47.5 Å². The van der Waals surface area contributed by atoms with Crippen molar-refractivity contribution in [3.63, 3.8) is 0 Å². The summed E-state index contributed by atoms with van der Waals surface area (Å²) in [5.74, 6) is 0. The molecule has 0 aliphatic heterocycles. The molecular formula is C16H15Cl2NO2S. The minimum Gasteiger partial charge on any atom is -0.207 e. The molecule has 116 valence electrons. The molecule has 0 N–H and O–H groups in total. The number of fused-ring (bicyclic) bond motifs is 1. The van der Waals surface area contributed by atoms with Crippen LogP contribution in [0, 0.1) is 0 Å². The highest BCUT2D eigenvalue weighted by molar-refractivity contribution is 7.89. The van der Waals surface area contributed by atoms with E-state index in [-0.39, 0.29) is 16.0 Å². The average molecular weight is 356 g/mol. The summed E-state index contributed by atoms with van der Waals surface area (Å²) >= 11 is 11.8. The molecule has 22 heavy (non-hydrogen) atoms. The Hall–Kier alpha value is -1.07. The fourth-order valence-electron chi connectivity index (χ4n) is 2.88. The second kappa shape index (κ2) is 5.85. The van der Waals surface area contributed by atoms with Gasteiger partial charge in [-0.3, -0.25) is 0 Å². The van der Waals surface area contributed by atoms with Crippen molar-refractivity contribution >= 4 is 33.2 Å². The van der Waals surface area contributed by atoms with Gasteiger partial charge in [0.05, 0.1) is 21.0 Å². The monoisotopic (exact) mass is 355 g/mol. The van der Waals surface area contributed by atoms with Gasteiger partial charge in [-0.2, -0.15) is 4.31 Å². The minimum absolute atomic E-state index is 0.143. The lowest BCUT2D eigenvalue weighted by Crippen LogP contribution is -2.30. The van der Waals surface area contributed by atoms with Crippen molar-refractivity contribution in [3.05, 3.63) is 63.6 Å². The van der Waals surface area contributed by atoms with Gasteiger partial charge in [0, 0.05) is 7.05 Å². The molecule has 1 aliphatic rings. The van der Waals surface area contributed by atoms with Crippen molar-refractivity contribution in [1.29, 1.82) is 0 Å². The molecule has 3 rings (SSSR count). The van der Waals surface area contributed by atoms with Crippen LogP contribution in [0.5, 0.6) is 0 Å². The first-order chi connectivity index (χ1) is 10.4. The molecule has 0 amide bonds. The summed E-state index contributed by atoms with van der Waals surface area (Å²) in [4.78, 5) is 0.161. The third-order valence-electron chi connectivity index (χ3n) is 4.11. The molecule has 1 aliphatic carbocycles. The molecule has 0 heterocycles. The molecule has 2 aromatic carbocycles. The fourth-order valence-corrected chi connectivity index (χ4v) is 4.64. The standard InChI is InChI=1S/C16H15Cl2NO2S/c1-19(16-9-6-11-4-2-3-5-13(11)16)22(20,21)12-7-8-14(17)15(18)10-12/h2-5,7-8,10,16H,6,9H2,1H3. The second-order valence-electron chi connectivity index (χ2n) is 5.35.